The zero-order chi connectivity index (χ0) is 14.3. The predicted octanol–water partition coefficient (Wildman–Crippen LogP) is 3.74. The molecule has 3 fully saturated rings. The first-order chi connectivity index (χ1) is 9.52. The number of allylic oxidation sites excluding steroid dienone is 1. The van der Waals surface area contributed by atoms with E-state index < -0.39 is 0 Å². The summed E-state index contributed by atoms with van der Waals surface area (Å²) in [5.74, 6) is 2.42. The molecular weight excluding hydrogens is 248 g/mol. The van der Waals surface area contributed by atoms with Crippen molar-refractivity contribution < 1.29 is 9.90 Å². The second-order valence-electron chi connectivity index (χ2n) is 7.63. The van der Waals surface area contributed by atoms with Gasteiger partial charge in [0.25, 0.3) is 0 Å². The van der Waals surface area contributed by atoms with E-state index in [0.29, 0.717) is 29.5 Å². The van der Waals surface area contributed by atoms with E-state index in [1.54, 1.807) is 0 Å². The third-order valence-electron chi connectivity index (χ3n) is 6.29. The van der Waals surface area contributed by atoms with E-state index in [4.69, 9.17) is 0 Å². The normalized spacial score (nSPS) is 40.9. The molecule has 20 heavy (non-hydrogen) atoms. The Bertz CT molecular complexity index is 410. The fraction of sp³-hybridized carbons (Fsp3) is 0.833. The van der Waals surface area contributed by atoms with Crippen LogP contribution in [0.1, 0.15) is 58.8 Å². The average Bonchev–Trinajstić information content (AvgIpc) is 3.18. The van der Waals surface area contributed by atoms with E-state index in [1.807, 2.05) is 6.08 Å². The Kier molecular flexibility index (Phi) is 3.79. The molecule has 0 aromatic carbocycles. The fourth-order valence-corrected chi connectivity index (χ4v) is 4.85. The highest BCUT2D eigenvalue weighted by molar-refractivity contribution is 5.83. The topological polar surface area (TPSA) is 37.3 Å². The number of hydrogen-bond acceptors (Lipinski definition) is 2. The molecule has 5 atom stereocenters. The number of aliphatic hydroxyl groups is 1. The van der Waals surface area contributed by atoms with E-state index in [9.17, 15) is 9.90 Å². The van der Waals surface area contributed by atoms with Gasteiger partial charge in [0, 0.05) is 12.3 Å². The Morgan fingerprint density at radius 3 is 2.70 bits per heavy atom. The third kappa shape index (κ3) is 2.47. The Morgan fingerprint density at radius 1 is 1.25 bits per heavy atom. The summed E-state index contributed by atoms with van der Waals surface area (Å²) >= 11 is 0. The van der Waals surface area contributed by atoms with Crippen LogP contribution >= 0.6 is 0 Å². The minimum absolute atomic E-state index is 0.212. The van der Waals surface area contributed by atoms with Gasteiger partial charge in [-0.2, -0.15) is 0 Å². The standard InChI is InChI=1S/C18H28O2/c1-12(5-10-16(19)13-6-7-13)14-8-9-15-17(20)4-3-11-18(14,15)2/h5,10,12-16,19H,3-4,6-9,11H2,1-2H3/b10-5+/t12-,14?,15+,16-,18-/m1/s1. The molecule has 112 valence electrons. The highest BCUT2D eigenvalue weighted by atomic mass is 16.3. The van der Waals surface area contributed by atoms with Crippen molar-refractivity contribution in [3.05, 3.63) is 12.2 Å². The summed E-state index contributed by atoms with van der Waals surface area (Å²) in [6.07, 6.45) is 11.7. The number of hydrogen-bond donors (Lipinski definition) is 1. The van der Waals surface area contributed by atoms with Crippen LogP contribution < -0.4 is 0 Å². The Hall–Kier alpha value is -0.630. The number of fused-ring (bicyclic) bond motifs is 1. The summed E-state index contributed by atoms with van der Waals surface area (Å²) in [7, 11) is 0. The van der Waals surface area contributed by atoms with Crippen LogP contribution in [-0.4, -0.2) is 17.0 Å². The number of aliphatic hydroxyl groups excluding tert-OH is 1. The van der Waals surface area contributed by atoms with Gasteiger partial charge in [0.1, 0.15) is 5.78 Å². The molecule has 1 N–H and O–H groups in total. The Labute approximate surface area is 122 Å². The highest BCUT2D eigenvalue weighted by Gasteiger charge is 2.51. The molecule has 0 bridgehead atoms. The van der Waals surface area contributed by atoms with Crippen LogP contribution in [0.5, 0.6) is 0 Å². The molecule has 3 saturated carbocycles. The number of Topliss-reactive ketones (excluding diaryl/α,β-unsaturated/α-hetero) is 1. The van der Waals surface area contributed by atoms with Crippen LogP contribution in [0.3, 0.4) is 0 Å². The summed E-state index contributed by atoms with van der Waals surface area (Å²) in [6.45, 7) is 4.61. The molecule has 0 aromatic rings. The van der Waals surface area contributed by atoms with E-state index >= 15 is 0 Å². The number of carbonyl (C=O) groups excluding carboxylic acids is 1. The highest BCUT2D eigenvalue weighted by Crippen LogP contribution is 2.56. The largest absolute Gasteiger partial charge is 0.389 e. The molecule has 0 spiro atoms. The zero-order valence-corrected chi connectivity index (χ0v) is 12.8. The first-order valence-corrected chi connectivity index (χ1v) is 8.41. The molecule has 3 aliphatic carbocycles. The van der Waals surface area contributed by atoms with Crippen molar-refractivity contribution in [2.45, 2.75) is 64.9 Å². The van der Waals surface area contributed by atoms with E-state index in [1.165, 1.54) is 25.7 Å². The average molecular weight is 276 g/mol. The van der Waals surface area contributed by atoms with Crippen LogP contribution in [0.2, 0.25) is 0 Å². The number of carbonyl (C=O) groups is 1. The Balaban J connectivity index is 1.68. The lowest BCUT2D eigenvalue weighted by molar-refractivity contribution is -0.129. The van der Waals surface area contributed by atoms with Gasteiger partial charge in [-0.05, 0) is 61.7 Å². The molecule has 0 heterocycles. The molecule has 0 saturated heterocycles. The van der Waals surface area contributed by atoms with Crippen LogP contribution in [0.4, 0.5) is 0 Å². The number of ketones is 1. The van der Waals surface area contributed by atoms with Crippen LogP contribution in [-0.2, 0) is 4.79 Å². The first kappa shape index (κ1) is 14.3. The van der Waals surface area contributed by atoms with Crippen molar-refractivity contribution in [3.63, 3.8) is 0 Å². The molecule has 0 aromatic heterocycles. The maximum absolute atomic E-state index is 12.2. The number of rotatable bonds is 4. The first-order valence-electron chi connectivity index (χ1n) is 8.41. The van der Waals surface area contributed by atoms with Crippen molar-refractivity contribution in [2.75, 3.05) is 0 Å². The maximum Gasteiger partial charge on any atom is 0.136 e. The van der Waals surface area contributed by atoms with Gasteiger partial charge in [-0.25, -0.2) is 0 Å². The van der Waals surface area contributed by atoms with Crippen LogP contribution in [0.25, 0.3) is 0 Å². The fourth-order valence-electron chi connectivity index (χ4n) is 4.85. The molecule has 0 amide bonds. The van der Waals surface area contributed by atoms with Crippen molar-refractivity contribution >= 4 is 5.78 Å². The second kappa shape index (κ2) is 5.29. The summed E-state index contributed by atoms with van der Waals surface area (Å²) in [6, 6.07) is 0. The van der Waals surface area contributed by atoms with Crippen molar-refractivity contribution in [1.29, 1.82) is 0 Å². The third-order valence-corrected chi connectivity index (χ3v) is 6.29. The van der Waals surface area contributed by atoms with Gasteiger partial charge >= 0.3 is 0 Å². The van der Waals surface area contributed by atoms with Gasteiger partial charge in [0.05, 0.1) is 6.10 Å². The Morgan fingerprint density at radius 2 is 2.00 bits per heavy atom. The van der Waals surface area contributed by atoms with Gasteiger partial charge in [-0.3, -0.25) is 4.79 Å². The zero-order valence-electron chi connectivity index (χ0n) is 12.8. The summed E-state index contributed by atoms with van der Waals surface area (Å²) in [4.78, 5) is 12.2. The second-order valence-corrected chi connectivity index (χ2v) is 7.63. The van der Waals surface area contributed by atoms with E-state index in [0.717, 1.165) is 19.3 Å². The van der Waals surface area contributed by atoms with Gasteiger partial charge < -0.3 is 5.11 Å². The van der Waals surface area contributed by atoms with Gasteiger partial charge in [0.15, 0.2) is 0 Å². The quantitative estimate of drug-likeness (QED) is 0.794. The molecule has 0 aliphatic heterocycles. The molecule has 2 heteroatoms. The van der Waals surface area contributed by atoms with Gasteiger partial charge in [-0.15, -0.1) is 0 Å². The van der Waals surface area contributed by atoms with Gasteiger partial charge in [-0.1, -0.05) is 26.0 Å². The molecule has 3 aliphatic rings. The van der Waals surface area contributed by atoms with Crippen molar-refractivity contribution in [2.24, 2.45) is 29.1 Å². The van der Waals surface area contributed by atoms with E-state index in [2.05, 4.69) is 19.9 Å². The molecule has 1 unspecified atom stereocenters. The lowest BCUT2D eigenvalue weighted by Crippen LogP contribution is -2.39. The molecule has 2 nitrogen and oxygen atoms in total. The lowest BCUT2D eigenvalue weighted by atomic mass is 9.62. The molecule has 0 radical (unpaired) electrons. The molecular formula is C18H28O2. The minimum atomic E-state index is -0.240. The summed E-state index contributed by atoms with van der Waals surface area (Å²) < 4.78 is 0. The maximum atomic E-state index is 12.2. The van der Waals surface area contributed by atoms with Crippen molar-refractivity contribution in [3.8, 4) is 0 Å². The van der Waals surface area contributed by atoms with Gasteiger partial charge in [0.2, 0.25) is 0 Å². The van der Waals surface area contributed by atoms with E-state index in [-0.39, 0.29) is 11.5 Å². The lowest BCUT2D eigenvalue weighted by Gasteiger charge is -2.41. The smallest absolute Gasteiger partial charge is 0.136 e. The van der Waals surface area contributed by atoms with Crippen molar-refractivity contribution in [1.82, 2.24) is 0 Å². The van der Waals surface area contributed by atoms with Crippen LogP contribution in [0.15, 0.2) is 12.2 Å². The summed E-state index contributed by atoms with van der Waals surface area (Å²) in [5.41, 5.74) is 0.212. The monoisotopic (exact) mass is 276 g/mol. The minimum Gasteiger partial charge on any atom is -0.389 e. The SMILES string of the molecule is C[C@H](/C=C/[C@@H](O)C1CC1)C1CC[C@H]2C(=O)CCC[C@]12C. The molecule has 3 rings (SSSR count). The summed E-state index contributed by atoms with van der Waals surface area (Å²) in [5, 5.41) is 9.98. The van der Waals surface area contributed by atoms with Crippen LogP contribution in [0, 0.1) is 29.1 Å². The predicted molar refractivity (Wildman–Crippen MR) is 80.2 cm³/mol.